The van der Waals surface area contributed by atoms with Crippen molar-refractivity contribution in [1.29, 1.82) is 0 Å². The lowest BCUT2D eigenvalue weighted by atomic mass is 9.49. The van der Waals surface area contributed by atoms with E-state index in [1.54, 1.807) is 0 Å². The minimum atomic E-state index is 0.173. The molecule has 0 spiro atoms. The van der Waals surface area contributed by atoms with Crippen LogP contribution in [-0.4, -0.2) is 26.8 Å². The van der Waals surface area contributed by atoms with E-state index in [1.165, 1.54) is 37.0 Å². The number of piperidine rings is 1. The number of aryl methyl sites for hydroxylation is 1. The van der Waals surface area contributed by atoms with Gasteiger partial charge in [-0.2, -0.15) is 0 Å². The molecule has 5 aliphatic rings. The highest BCUT2D eigenvalue weighted by Gasteiger charge is 2.59. The van der Waals surface area contributed by atoms with E-state index in [0.717, 1.165) is 37.1 Å². The topological polar surface area (TPSA) is 46.1 Å². The summed E-state index contributed by atoms with van der Waals surface area (Å²) >= 11 is 0. The van der Waals surface area contributed by atoms with Gasteiger partial charge in [-0.3, -0.25) is 14.8 Å². The van der Waals surface area contributed by atoms with Gasteiger partial charge in [0.05, 0.1) is 17.6 Å². The number of likely N-dealkylation sites (tertiary alicyclic amines) is 1. The molecule has 4 aliphatic carbocycles. The van der Waals surface area contributed by atoms with E-state index in [0.29, 0.717) is 29.7 Å². The number of hydrogen-bond acceptors (Lipinski definition) is 3. The van der Waals surface area contributed by atoms with Gasteiger partial charge in [0.15, 0.2) is 0 Å². The fourth-order valence-corrected chi connectivity index (χ4v) is 7.68. The fourth-order valence-electron chi connectivity index (χ4n) is 7.68. The van der Waals surface area contributed by atoms with Crippen LogP contribution in [0.15, 0.2) is 30.2 Å². The minimum Gasteiger partial charge on any atom is -0.313 e. The maximum Gasteiger partial charge on any atom is 0.227 e. The normalized spacial score (nSPS) is 40.3. The standard InChI is InChI=1S/C26H33N3O/c1-16-14-27-15-22(28-16)21-8-7-19-18-6-9-23-26(3,20(18)10-12-25(19,21)2)13-11-24(30)29(23)17-4-5-17/h8-9,14-15,17-20H,4-7,10-13H2,1-3H3/t18-,19-,20-,25-,26+/m0/s1. The summed E-state index contributed by atoms with van der Waals surface area (Å²) in [7, 11) is 0. The Morgan fingerprint density at radius 2 is 1.83 bits per heavy atom. The molecule has 0 aromatic carbocycles. The molecule has 0 unspecified atom stereocenters. The number of aromatic nitrogens is 2. The molecule has 1 aliphatic heterocycles. The summed E-state index contributed by atoms with van der Waals surface area (Å²) in [5.74, 6) is 2.46. The molecule has 0 bridgehead atoms. The van der Waals surface area contributed by atoms with Crippen molar-refractivity contribution < 1.29 is 4.79 Å². The molecule has 5 atom stereocenters. The first-order valence-electron chi connectivity index (χ1n) is 11.9. The second-order valence-corrected chi connectivity index (χ2v) is 11.0. The van der Waals surface area contributed by atoms with E-state index in [-0.39, 0.29) is 10.8 Å². The maximum atomic E-state index is 12.8. The van der Waals surface area contributed by atoms with E-state index in [1.807, 2.05) is 19.3 Å². The second kappa shape index (κ2) is 6.27. The Labute approximate surface area is 179 Å². The zero-order valence-electron chi connectivity index (χ0n) is 18.5. The summed E-state index contributed by atoms with van der Waals surface area (Å²) in [6.45, 7) is 7.00. The SMILES string of the molecule is Cc1cncc(C2=CC[C@H]3[C@@H]4CC=C5N(C6CC6)C(=O)CC[C@]5(C)[C@H]4CC[C@]23C)n1. The first-order chi connectivity index (χ1) is 14.4. The van der Waals surface area contributed by atoms with Gasteiger partial charge in [-0.1, -0.05) is 26.0 Å². The van der Waals surface area contributed by atoms with Crippen molar-refractivity contribution in [3.63, 3.8) is 0 Å². The molecular formula is C26H33N3O. The molecule has 1 aromatic heterocycles. The van der Waals surface area contributed by atoms with Gasteiger partial charge in [-0.25, -0.2) is 0 Å². The molecule has 30 heavy (non-hydrogen) atoms. The Bertz CT molecular complexity index is 976. The monoisotopic (exact) mass is 403 g/mol. The summed E-state index contributed by atoms with van der Waals surface area (Å²) in [5.41, 5.74) is 5.28. The molecule has 2 heterocycles. The Balaban J connectivity index is 1.34. The first kappa shape index (κ1) is 18.8. The number of nitrogens with zero attached hydrogens (tertiary/aromatic N) is 3. The zero-order chi connectivity index (χ0) is 20.7. The van der Waals surface area contributed by atoms with Crippen LogP contribution in [0.25, 0.3) is 5.57 Å². The number of fused-ring (bicyclic) bond motifs is 5. The highest BCUT2D eigenvalue weighted by Crippen LogP contribution is 2.66. The molecule has 4 heteroatoms. The number of rotatable bonds is 2. The van der Waals surface area contributed by atoms with E-state index < -0.39 is 0 Å². The van der Waals surface area contributed by atoms with Crippen molar-refractivity contribution in [1.82, 2.24) is 14.9 Å². The minimum absolute atomic E-state index is 0.173. The highest BCUT2D eigenvalue weighted by molar-refractivity contribution is 5.81. The highest BCUT2D eigenvalue weighted by atomic mass is 16.2. The predicted molar refractivity (Wildman–Crippen MR) is 117 cm³/mol. The molecule has 0 radical (unpaired) electrons. The van der Waals surface area contributed by atoms with Gasteiger partial charge in [-0.15, -0.1) is 0 Å². The average Bonchev–Trinajstić information content (AvgIpc) is 3.49. The van der Waals surface area contributed by atoms with E-state index in [9.17, 15) is 4.79 Å². The van der Waals surface area contributed by atoms with Crippen LogP contribution in [-0.2, 0) is 4.79 Å². The van der Waals surface area contributed by atoms with Crippen molar-refractivity contribution in [2.45, 2.75) is 78.2 Å². The number of allylic oxidation sites excluding steroid dienone is 4. The first-order valence-corrected chi connectivity index (χ1v) is 11.9. The number of carbonyl (C=O) groups is 1. The molecule has 6 rings (SSSR count). The molecule has 1 aromatic rings. The molecule has 1 saturated heterocycles. The van der Waals surface area contributed by atoms with Crippen LogP contribution >= 0.6 is 0 Å². The van der Waals surface area contributed by atoms with Crippen LogP contribution < -0.4 is 0 Å². The predicted octanol–water partition coefficient (Wildman–Crippen LogP) is 5.30. The number of amides is 1. The van der Waals surface area contributed by atoms with Crippen molar-refractivity contribution in [3.05, 3.63) is 41.6 Å². The lowest BCUT2D eigenvalue weighted by Crippen LogP contribution is -2.54. The second-order valence-electron chi connectivity index (χ2n) is 11.0. The molecule has 0 N–H and O–H groups in total. The Hall–Kier alpha value is -1.97. The summed E-state index contributed by atoms with van der Waals surface area (Å²) in [6.07, 6.45) is 17.7. The van der Waals surface area contributed by atoms with Crippen LogP contribution in [0.2, 0.25) is 0 Å². The van der Waals surface area contributed by atoms with E-state index in [4.69, 9.17) is 4.98 Å². The van der Waals surface area contributed by atoms with Crippen molar-refractivity contribution >= 4 is 11.5 Å². The Morgan fingerprint density at radius 1 is 1.00 bits per heavy atom. The molecule has 158 valence electrons. The van der Waals surface area contributed by atoms with Gasteiger partial charge in [0, 0.05) is 29.8 Å². The van der Waals surface area contributed by atoms with E-state index in [2.05, 4.69) is 35.9 Å². The zero-order valence-corrected chi connectivity index (χ0v) is 18.5. The van der Waals surface area contributed by atoms with E-state index >= 15 is 0 Å². The van der Waals surface area contributed by atoms with Crippen LogP contribution in [0.4, 0.5) is 0 Å². The number of hydrogen-bond donors (Lipinski definition) is 0. The lowest BCUT2D eigenvalue weighted by molar-refractivity contribution is -0.137. The maximum absolute atomic E-state index is 12.8. The molecule has 4 nitrogen and oxygen atoms in total. The lowest BCUT2D eigenvalue weighted by Gasteiger charge is -2.58. The third-order valence-corrected chi connectivity index (χ3v) is 9.33. The third-order valence-electron chi connectivity index (χ3n) is 9.33. The molecule has 3 fully saturated rings. The van der Waals surface area contributed by atoms with Gasteiger partial charge in [0.25, 0.3) is 0 Å². The van der Waals surface area contributed by atoms with Gasteiger partial charge in [0.1, 0.15) is 0 Å². The fraction of sp³-hybridized carbons (Fsp3) is 0.654. The van der Waals surface area contributed by atoms with Gasteiger partial charge < -0.3 is 4.90 Å². The van der Waals surface area contributed by atoms with Gasteiger partial charge in [0.2, 0.25) is 5.91 Å². The Morgan fingerprint density at radius 3 is 2.60 bits per heavy atom. The molecule has 1 amide bonds. The van der Waals surface area contributed by atoms with Crippen molar-refractivity contribution in [2.75, 3.05) is 0 Å². The quantitative estimate of drug-likeness (QED) is 0.673. The third kappa shape index (κ3) is 2.48. The smallest absolute Gasteiger partial charge is 0.227 e. The summed E-state index contributed by atoms with van der Waals surface area (Å²) in [6, 6.07) is 0.494. The summed E-state index contributed by atoms with van der Waals surface area (Å²) in [4.78, 5) is 24.3. The summed E-state index contributed by atoms with van der Waals surface area (Å²) < 4.78 is 0. The Kier molecular flexibility index (Phi) is 3.93. The van der Waals surface area contributed by atoms with Crippen LogP contribution in [0.5, 0.6) is 0 Å². The van der Waals surface area contributed by atoms with Crippen molar-refractivity contribution in [3.8, 4) is 0 Å². The van der Waals surface area contributed by atoms with Crippen LogP contribution in [0.3, 0.4) is 0 Å². The van der Waals surface area contributed by atoms with Crippen LogP contribution in [0, 0.1) is 35.5 Å². The number of carbonyl (C=O) groups excluding carboxylic acids is 1. The summed E-state index contributed by atoms with van der Waals surface area (Å²) in [5, 5.41) is 0. The molecular weight excluding hydrogens is 370 g/mol. The van der Waals surface area contributed by atoms with Gasteiger partial charge in [-0.05, 0) is 80.6 Å². The average molecular weight is 404 g/mol. The van der Waals surface area contributed by atoms with Crippen molar-refractivity contribution in [2.24, 2.45) is 28.6 Å². The largest absolute Gasteiger partial charge is 0.313 e. The van der Waals surface area contributed by atoms with Crippen LogP contribution in [0.1, 0.15) is 76.6 Å². The molecule has 2 saturated carbocycles. The van der Waals surface area contributed by atoms with Gasteiger partial charge >= 0.3 is 0 Å².